The van der Waals surface area contributed by atoms with Gasteiger partial charge < -0.3 is 30.1 Å². The number of aliphatic hydroxyl groups is 3. The molecule has 2 aliphatic rings. The van der Waals surface area contributed by atoms with Gasteiger partial charge in [0.2, 0.25) is 17.3 Å². The van der Waals surface area contributed by atoms with E-state index in [-0.39, 0.29) is 16.9 Å². The van der Waals surface area contributed by atoms with Crippen LogP contribution in [0.25, 0.3) is 0 Å². The maximum absolute atomic E-state index is 13.1. The average molecular weight is 431 g/mol. The predicted molar refractivity (Wildman–Crippen MR) is 108 cm³/mol. The van der Waals surface area contributed by atoms with Gasteiger partial charge in [0.1, 0.15) is 18.0 Å². The lowest BCUT2D eigenvalue weighted by Gasteiger charge is -2.32. The number of Topliss-reactive ketones (excluding diaryl/α,β-unsaturated/α-hetero) is 2. The van der Waals surface area contributed by atoms with Gasteiger partial charge in [-0.2, -0.15) is 0 Å². The van der Waals surface area contributed by atoms with Crippen molar-refractivity contribution in [2.45, 2.75) is 49.9 Å². The number of hydrogen-bond donors (Lipinski definition) is 4. The Balaban J connectivity index is 1.99. The highest BCUT2D eigenvalue weighted by molar-refractivity contribution is 6.23. The lowest BCUT2D eigenvalue weighted by Crippen LogP contribution is -2.60. The van der Waals surface area contributed by atoms with Crippen LogP contribution in [-0.2, 0) is 19.1 Å². The van der Waals surface area contributed by atoms with Crippen LogP contribution in [0.4, 0.5) is 0 Å². The molecule has 2 aliphatic heterocycles. The maximum Gasteiger partial charge on any atom is 0.278 e. The van der Waals surface area contributed by atoms with Crippen LogP contribution >= 0.6 is 0 Å². The van der Waals surface area contributed by atoms with Gasteiger partial charge in [0.05, 0.1) is 0 Å². The van der Waals surface area contributed by atoms with Gasteiger partial charge in [-0.05, 0) is 13.3 Å². The fourth-order valence-corrected chi connectivity index (χ4v) is 3.81. The first-order valence-corrected chi connectivity index (χ1v) is 9.80. The largest absolute Gasteiger partial charge is 0.467 e. The van der Waals surface area contributed by atoms with Gasteiger partial charge in [0, 0.05) is 18.2 Å². The van der Waals surface area contributed by atoms with Gasteiger partial charge >= 0.3 is 0 Å². The summed E-state index contributed by atoms with van der Waals surface area (Å²) in [5.41, 5.74) is -4.83. The molecule has 0 aromatic heterocycles. The molecule has 2 heterocycles. The summed E-state index contributed by atoms with van der Waals surface area (Å²) in [4.78, 5) is 39.2. The number of allylic oxidation sites excluding steroid dienone is 1. The number of nitrogens with one attached hydrogen (secondary N) is 1. The van der Waals surface area contributed by atoms with E-state index in [0.717, 1.165) is 7.11 Å². The van der Waals surface area contributed by atoms with Crippen LogP contribution < -0.4 is 5.32 Å². The monoisotopic (exact) mass is 431 g/mol. The van der Waals surface area contributed by atoms with Crippen molar-refractivity contribution in [2.75, 3.05) is 7.11 Å². The molecule has 1 fully saturated rings. The first-order valence-electron chi connectivity index (χ1n) is 9.80. The van der Waals surface area contributed by atoms with Crippen molar-refractivity contribution in [2.24, 2.45) is 0 Å². The number of benzene rings is 1. The molecule has 3 rings (SSSR count). The van der Waals surface area contributed by atoms with Gasteiger partial charge in [-0.3, -0.25) is 14.4 Å². The van der Waals surface area contributed by atoms with E-state index in [4.69, 9.17) is 9.47 Å². The number of methoxy groups -OCH3 is 1. The molecule has 166 valence electrons. The molecule has 1 saturated heterocycles. The first-order chi connectivity index (χ1) is 14.7. The molecule has 1 aromatic carbocycles. The fourth-order valence-electron chi connectivity index (χ4n) is 3.81. The van der Waals surface area contributed by atoms with Gasteiger partial charge in [-0.25, -0.2) is 0 Å². The summed E-state index contributed by atoms with van der Waals surface area (Å²) in [5, 5.41) is 34.0. The molecule has 1 spiro atoms. The molecular formula is C22H25NO8. The highest BCUT2D eigenvalue weighted by atomic mass is 16.6. The third kappa shape index (κ3) is 3.30. The number of aliphatic hydroxyl groups excluding tert-OH is 3. The first kappa shape index (κ1) is 22.8. The minimum atomic E-state index is -2.53. The van der Waals surface area contributed by atoms with Crippen LogP contribution in [0.5, 0.6) is 0 Å². The Bertz CT molecular complexity index is 956. The molecule has 1 aromatic rings. The minimum Gasteiger partial charge on any atom is -0.467 e. The van der Waals surface area contributed by atoms with E-state index in [1.165, 1.54) is 25.1 Å². The van der Waals surface area contributed by atoms with E-state index >= 15 is 0 Å². The quantitative estimate of drug-likeness (QED) is 0.269. The molecule has 0 radical (unpaired) electrons. The van der Waals surface area contributed by atoms with Crippen LogP contribution in [0.15, 0.2) is 53.8 Å². The minimum absolute atomic E-state index is 0.135. The van der Waals surface area contributed by atoms with E-state index in [2.05, 4.69) is 5.32 Å². The highest BCUT2D eigenvalue weighted by Crippen LogP contribution is 2.44. The zero-order chi connectivity index (χ0) is 23.0. The topological polar surface area (TPSA) is 142 Å². The van der Waals surface area contributed by atoms with Gasteiger partial charge in [-0.1, -0.05) is 49.4 Å². The van der Waals surface area contributed by atoms with Crippen molar-refractivity contribution in [3.63, 3.8) is 0 Å². The predicted octanol–water partition coefficient (Wildman–Crippen LogP) is 0.00280. The third-order valence-electron chi connectivity index (χ3n) is 5.58. The van der Waals surface area contributed by atoms with Crippen molar-refractivity contribution in [3.05, 3.63) is 59.4 Å². The van der Waals surface area contributed by atoms with Gasteiger partial charge in [0.25, 0.3) is 11.5 Å². The molecule has 1 amide bonds. The Hall–Kier alpha value is -2.85. The zero-order valence-corrected chi connectivity index (χ0v) is 17.4. The van der Waals surface area contributed by atoms with E-state index in [9.17, 15) is 29.7 Å². The van der Waals surface area contributed by atoms with Crippen molar-refractivity contribution >= 4 is 17.5 Å². The van der Waals surface area contributed by atoms with Crippen molar-refractivity contribution in [3.8, 4) is 0 Å². The molecule has 2 unspecified atom stereocenters. The smallest absolute Gasteiger partial charge is 0.278 e. The van der Waals surface area contributed by atoms with Crippen LogP contribution in [-0.4, -0.2) is 69.5 Å². The molecular weight excluding hydrogens is 406 g/mol. The Morgan fingerprint density at radius 2 is 1.94 bits per heavy atom. The van der Waals surface area contributed by atoms with Crippen molar-refractivity contribution in [1.29, 1.82) is 0 Å². The molecule has 9 nitrogen and oxygen atoms in total. The number of hydrogen-bond acceptors (Lipinski definition) is 8. The summed E-state index contributed by atoms with van der Waals surface area (Å²) in [6.07, 6.45) is -1.60. The third-order valence-corrected chi connectivity index (χ3v) is 5.58. The van der Waals surface area contributed by atoms with Crippen LogP contribution in [0.2, 0.25) is 0 Å². The summed E-state index contributed by atoms with van der Waals surface area (Å²) >= 11 is 0. The van der Waals surface area contributed by atoms with Crippen LogP contribution in [0, 0.1) is 0 Å². The zero-order valence-electron chi connectivity index (χ0n) is 17.4. The molecule has 4 N–H and O–H groups in total. The number of ketones is 2. The van der Waals surface area contributed by atoms with E-state index in [1.54, 1.807) is 24.3 Å². The fraction of sp³-hybridized carbons (Fsp3) is 0.409. The van der Waals surface area contributed by atoms with Crippen LogP contribution in [0.1, 0.15) is 30.6 Å². The standard InChI is InChI=1S/C22H25NO8/c1-4-5-11-14(24)15(25)16-12(2)17(26)21(31-16)19(28)22(30-3,23-20(21)29)18(27)13-9-7-6-8-10-13/h5-11,14-15,19,24-25,28H,4H2,1-3H3,(H,23,29)/b11-5-/t14-,15-,19?,21?,22+/m0/s1. The SMILES string of the molecule is CC/C=C\[C@H](O)[C@H](O)C1=C(C)C(=O)C2(O1)C(=O)N[C@@](OC)(C(=O)c1ccccc1)C2O. The van der Waals surface area contributed by atoms with Crippen molar-refractivity contribution in [1.82, 2.24) is 5.32 Å². The molecule has 9 heteroatoms. The number of amides is 1. The average Bonchev–Trinajstić information content (AvgIpc) is 3.18. The molecule has 31 heavy (non-hydrogen) atoms. The van der Waals surface area contributed by atoms with Crippen molar-refractivity contribution < 1.29 is 39.2 Å². The second-order valence-electron chi connectivity index (χ2n) is 7.42. The molecule has 0 aliphatic carbocycles. The number of carbonyl (C=O) groups is 3. The summed E-state index contributed by atoms with van der Waals surface area (Å²) in [6, 6.07) is 7.82. The normalized spacial score (nSPS) is 30.1. The highest BCUT2D eigenvalue weighted by Gasteiger charge is 2.74. The summed E-state index contributed by atoms with van der Waals surface area (Å²) in [5.74, 6) is -3.15. The lowest BCUT2D eigenvalue weighted by molar-refractivity contribution is -0.163. The van der Waals surface area contributed by atoms with E-state index in [1.807, 2.05) is 6.92 Å². The Morgan fingerprint density at radius 1 is 1.29 bits per heavy atom. The Labute approximate surface area is 179 Å². The number of carbonyl (C=O) groups excluding carboxylic acids is 3. The molecule has 0 bridgehead atoms. The number of rotatable bonds is 7. The second-order valence-corrected chi connectivity index (χ2v) is 7.42. The van der Waals surface area contributed by atoms with Gasteiger partial charge in [0.15, 0.2) is 6.10 Å². The molecule has 0 saturated carbocycles. The number of ether oxygens (including phenoxy) is 2. The summed E-state index contributed by atoms with van der Waals surface area (Å²) in [7, 11) is 1.11. The summed E-state index contributed by atoms with van der Waals surface area (Å²) in [6.45, 7) is 3.13. The van der Waals surface area contributed by atoms with E-state index in [0.29, 0.717) is 6.42 Å². The lowest BCUT2D eigenvalue weighted by atomic mass is 9.85. The Morgan fingerprint density at radius 3 is 2.52 bits per heavy atom. The van der Waals surface area contributed by atoms with Gasteiger partial charge in [-0.15, -0.1) is 0 Å². The molecule has 5 atom stereocenters. The van der Waals surface area contributed by atoms with E-state index < -0.39 is 47.1 Å². The summed E-state index contributed by atoms with van der Waals surface area (Å²) < 4.78 is 10.8. The van der Waals surface area contributed by atoms with Crippen LogP contribution in [0.3, 0.4) is 0 Å². The Kier molecular flexibility index (Phi) is 6.15. The second kappa shape index (κ2) is 8.35. The maximum atomic E-state index is 13.1.